The largest absolute Gasteiger partial charge is 0.493 e. The highest BCUT2D eigenvalue weighted by molar-refractivity contribution is 5.44. The third-order valence-corrected chi connectivity index (χ3v) is 5.89. The van der Waals surface area contributed by atoms with Gasteiger partial charge in [0.05, 0.1) is 27.8 Å². The van der Waals surface area contributed by atoms with Crippen molar-refractivity contribution < 1.29 is 19.3 Å². The Hall–Kier alpha value is -2.97. The minimum absolute atomic E-state index is 0.0246. The van der Waals surface area contributed by atoms with Crippen LogP contribution >= 0.6 is 0 Å². The van der Waals surface area contributed by atoms with Gasteiger partial charge >= 0.3 is 0 Å². The van der Waals surface area contributed by atoms with Gasteiger partial charge in [0.1, 0.15) is 26.2 Å². The lowest BCUT2D eigenvalue weighted by atomic mass is 10.0. The SMILES string of the molecule is COc1ccc([C@H](c2nnnn2Cc2ccccc2)[NH+]2CC[NH+](C)CC2)cc1OC. The van der Waals surface area contributed by atoms with E-state index in [9.17, 15) is 0 Å². The molecule has 30 heavy (non-hydrogen) atoms. The van der Waals surface area contributed by atoms with Gasteiger partial charge in [0.2, 0.25) is 5.82 Å². The zero-order valence-corrected chi connectivity index (χ0v) is 17.8. The van der Waals surface area contributed by atoms with Crippen LogP contribution in [0.4, 0.5) is 0 Å². The molecule has 0 radical (unpaired) electrons. The summed E-state index contributed by atoms with van der Waals surface area (Å²) in [5.41, 5.74) is 2.31. The number of piperazine rings is 1. The van der Waals surface area contributed by atoms with Crippen LogP contribution in [-0.2, 0) is 6.54 Å². The number of ether oxygens (including phenoxy) is 2. The van der Waals surface area contributed by atoms with Gasteiger partial charge in [-0.25, -0.2) is 4.68 Å². The fourth-order valence-corrected chi connectivity index (χ4v) is 4.17. The Morgan fingerprint density at radius 3 is 2.40 bits per heavy atom. The summed E-state index contributed by atoms with van der Waals surface area (Å²) >= 11 is 0. The van der Waals surface area contributed by atoms with E-state index in [0.29, 0.717) is 6.54 Å². The Bertz CT molecular complexity index is 953. The zero-order chi connectivity index (χ0) is 20.9. The highest BCUT2D eigenvalue weighted by atomic mass is 16.5. The summed E-state index contributed by atoms with van der Waals surface area (Å²) in [6, 6.07) is 16.5. The molecule has 0 aliphatic carbocycles. The van der Waals surface area contributed by atoms with Gasteiger partial charge in [-0.3, -0.25) is 0 Å². The van der Waals surface area contributed by atoms with Crippen LogP contribution in [0.5, 0.6) is 11.5 Å². The predicted octanol–water partition coefficient (Wildman–Crippen LogP) is -0.759. The monoisotopic (exact) mass is 410 g/mol. The summed E-state index contributed by atoms with van der Waals surface area (Å²) in [6.07, 6.45) is 0. The highest BCUT2D eigenvalue weighted by Crippen LogP contribution is 2.31. The molecule has 4 rings (SSSR count). The minimum Gasteiger partial charge on any atom is -0.493 e. The average Bonchev–Trinajstić information content (AvgIpc) is 3.23. The number of tetrazole rings is 1. The van der Waals surface area contributed by atoms with Crippen molar-refractivity contribution in [1.29, 1.82) is 0 Å². The molecule has 2 N–H and O–H groups in total. The molecule has 0 saturated carbocycles. The molecule has 1 aliphatic heterocycles. The Kier molecular flexibility index (Phi) is 6.25. The molecule has 8 nitrogen and oxygen atoms in total. The number of likely N-dealkylation sites (N-methyl/N-ethyl adjacent to an activating group) is 1. The Morgan fingerprint density at radius 2 is 1.70 bits per heavy atom. The Morgan fingerprint density at radius 1 is 0.967 bits per heavy atom. The van der Waals surface area contributed by atoms with E-state index in [2.05, 4.69) is 46.8 Å². The van der Waals surface area contributed by atoms with Gasteiger partial charge in [-0.1, -0.05) is 30.3 Å². The van der Waals surface area contributed by atoms with Crippen LogP contribution in [0.1, 0.15) is 23.0 Å². The number of methoxy groups -OCH3 is 2. The molecule has 1 aliphatic rings. The number of nitrogens with zero attached hydrogens (tertiary/aromatic N) is 4. The number of rotatable bonds is 7. The number of aromatic nitrogens is 4. The van der Waals surface area contributed by atoms with E-state index in [1.807, 2.05) is 28.9 Å². The van der Waals surface area contributed by atoms with Crippen LogP contribution in [0.3, 0.4) is 0 Å². The summed E-state index contributed by atoms with van der Waals surface area (Å²) in [4.78, 5) is 3.03. The summed E-state index contributed by atoms with van der Waals surface area (Å²) in [5.74, 6) is 2.32. The Labute approximate surface area is 177 Å². The maximum atomic E-state index is 5.58. The van der Waals surface area contributed by atoms with Crippen LogP contribution in [0.15, 0.2) is 48.5 Å². The smallest absolute Gasteiger partial charge is 0.214 e. The number of nitrogens with one attached hydrogen (secondary N) is 2. The molecule has 0 amide bonds. The molecule has 1 fully saturated rings. The Balaban J connectivity index is 1.73. The lowest BCUT2D eigenvalue weighted by Gasteiger charge is -2.33. The fourth-order valence-electron chi connectivity index (χ4n) is 4.17. The first-order valence-electron chi connectivity index (χ1n) is 10.4. The molecular formula is C22H30N6O2+2. The van der Waals surface area contributed by atoms with Crippen molar-refractivity contribution in [2.75, 3.05) is 47.4 Å². The molecule has 1 atom stereocenters. The number of hydrogen-bond acceptors (Lipinski definition) is 5. The van der Waals surface area contributed by atoms with E-state index in [-0.39, 0.29) is 6.04 Å². The normalized spacial score (nSPS) is 20.0. The molecule has 1 saturated heterocycles. The quantitative estimate of drug-likeness (QED) is 0.536. The van der Waals surface area contributed by atoms with Crippen LogP contribution < -0.4 is 19.3 Å². The van der Waals surface area contributed by atoms with E-state index in [0.717, 1.165) is 49.1 Å². The summed E-state index contributed by atoms with van der Waals surface area (Å²) in [6.45, 7) is 5.01. The second kappa shape index (κ2) is 9.23. The maximum absolute atomic E-state index is 5.58. The third-order valence-electron chi connectivity index (χ3n) is 5.89. The first kappa shape index (κ1) is 20.3. The van der Waals surface area contributed by atoms with E-state index in [4.69, 9.17) is 9.47 Å². The first-order valence-corrected chi connectivity index (χ1v) is 10.4. The van der Waals surface area contributed by atoms with Crippen molar-refractivity contribution >= 4 is 0 Å². The minimum atomic E-state index is 0.0246. The second-order valence-electron chi connectivity index (χ2n) is 7.84. The molecule has 3 aromatic rings. The third kappa shape index (κ3) is 4.29. The van der Waals surface area contributed by atoms with Gasteiger partial charge < -0.3 is 19.3 Å². The van der Waals surface area contributed by atoms with Gasteiger partial charge in [-0.15, -0.1) is 5.10 Å². The van der Waals surface area contributed by atoms with E-state index >= 15 is 0 Å². The molecule has 0 bridgehead atoms. The van der Waals surface area contributed by atoms with Crippen molar-refractivity contribution in [2.45, 2.75) is 12.6 Å². The van der Waals surface area contributed by atoms with Crippen LogP contribution in [0.2, 0.25) is 0 Å². The fraction of sp³-hybridized carbons (Fsp3) is 0.409. The molecule has 0 spiro atoms. The van der Waals surface area contributed by atoms with Crippen molar-refractivity contribution in [3.05, 3.63) is 65.5 Å². The summed E-state index contributed by atoms with van der Waals surface area (Å²) in [5, 5.41) is 12.8. The van der Waals surface area contributed by atoms with Gasteiger partial charge in [0.25, 0.3) is 0 Å². The van der Waals surface area contributed by atoms with Crippen molar-refractivity contribution in [2.24, 2.45) is 0 Å². The molecule has 1 aromatic heterocycles. The van der Waals surface area contributed by atoms with Gasteiger partial charge in [0.15, 0.2) is 17.5 Å². The van der Waals surface area contributed by atoms with E-state index in [1.165, 1.54) is 10.5 Å². The first-order chi connectivity index (χ1) is 14.7. The number of benzene rings is 2. The van der Waals surface area contributed by atoms with E-state index in [1.54, 1.807) is 19.1 Å². The van der Waals surface area contributed by atoms with Crippen LogP contribution in [0, 0.1) is 0 Å². The topological polar surface area (TPSA) is 70.9 Å². The van der Waals surface area contributed by atoms with Crippen LogP contribution in [0.25, 0.3) is 0 Å². The summed E-state index contributed by atoms with van der Waals surface area (Å²) in [7, 11) is 5.58. The van der Waals surface area contributed by atoms with Crippen molar-refractivity contribution in [3.8, 4) is 11.5 Å². The predicted molar refractivity (Wildman–Crippen MR) is 112 cm³/mol. The van der Waals surface area contributed by atoms with Crippen molar-refractivity contribution in [1.82, 2.24) is 20.2 Å². The second-order valence-corrected chi connectivity index (χ2v) is 7.84. The molecule has 0 unspecified atom stereocenters. The average molecular weight is 411 g/mol. The molecule has 8 heteroatoms. The van der Waals surface area contributed by atoms with Gasteiger partial charge in [-0.05, 0) is 34.2 Å². The molecular weight excluding hydrogens is 380 g/mol. The highest BCUT2D eigenvalue weighted by Gasteiger charge is 2.35. The lowest BCUT2D eigenvalue weighted by molar-refractivity contribution is -1.02. The molecule has 2 aromatic carbocycles. The number of hydrogen-bond donors (Lipinski definition) is 2. The summed E-state index contributed by atoms with van der Waals surface area (Å²) < 4.78 is 12.9. The zero-order valence-electron chi connectivity index (χ0n) is 17.8. The van der Waals surface area contributed by atoms with Crippen molar-refractivity contribution in [3.63, 3.8) is 0 Å². The number of quaternary nitrogens is 2. The lowest BCUT2D eigenvalue weighted by Crippen LogP contribution is -3.27. The molecule has 2 heterocycles. The van der Waals surface area contributed by atoms with Gasteiger partial charge in [-0.2, -0.15) is 0 Å². The van der Waals surface area contributed by atoms with E-state index < -0.39 is 0 Å². The maximum Gasteiger partial charge on any atom is 0.214 e. The molecule has 158 valence electrons. The standard InChI is InChI=1S/C22H28N6O2/c1-26-11-13-27(14-12-26)21(18-9-10-19(29-2)20(15-18)30-3)22-23-24-25-28(22)16-17-7-5-4-6-8-17/h4-10,15,21H,11-14,16H2,1-3H3/p+2/t21-/m1/s1. The van der Waals surface area contributed by atoms with Gasteiger partial charge in [0, 0.05) is 5.56 Å². The van der Waals surface area contributed by atoms with Crippen LogP contribution in [-0.4, -0.2) is 67.7 Å².